The second-order valence-corrected chi connectivity index (χ2v) is 22.2. The lowest BCUT2D eigenvalue weighted by molar-refractivity contribution is -0.266. The van der Waals surface area contributed by atoms with Crippen LogP contribution in [-0.4, -0.2) is 151 Å². The fourth-order valence-corrected chi connectivity index (χ4v) is 11.1. The van der Waals surface area contributed by atoms with Crippen molar-refractivity contribution in [1.29, 1.82) is 0 Å². The molecule has 0 aromatic rings. The predicted molar refractivity (Wildman–Crippen MR) is 283 cm³/mol. The van der Waals surface area contributed by atoms with E-state index in [4.69, 9.17) is 33.2 Å². The summed E-state index contributed by atoms with van der Waals surface area (Å²) in [6, 6.07) is -1.14. The number of rotatable bonds is 13. The molecular weight excluding hydrogens is 1040 g/mol. The van der Waals surface area contributed by atoms with Crippen molar-refractivity contribution in [2.75, 3.05) is 52.1 Å². The molecule has 0 aromatic carbocycles. The molecule has 0 spiro atoms. The number of hydrogen-bond acceptors (Lipinski definition) is 14. The molecule has 2 N–H and O–H groups in total. The van der Waals surface area contributed by atoms with E-state index in [0.717, 1.165) is 35.7 Å². The van der Waals surface area contributed by atoms with Crippen molar-refractivity contribution in [3.05, 3.63) is 47.6 Å². The van der Waals surface area contributed by atoms with Gasteiger partial charge in [-0.05, 0) is 113 Å². The number of alkyl halides is 1. The molecule has 1 amide bonds. The second-order valence-electron chi connectivity index (χ2n) is 21.1. The summed E-state index contributed by atoms with van der Waals surface area (Å²) in [6.45, 7) is 14.2. The fourth-order valence-electron chi connectivity index (χ4n) is 10.8. The van der Waals surface area contributed by atoms with Crippen LogP contribution in [0.25, 0.3) is 0 Å². The average molecular weight is 1130 g/mol. The Morgan fingerprint density at radius 2 is 1.60 bits per heavy atom. The molecule has 2 saturated heterocycles. The molecular formula is C56H88INO14. The molecule has 4 rings (SSSR count). The molecule has 1 aliphatic carbocycles. The Labute approximate surface area is 443 Å². The minimum atomic E-state index is -2.45. The molecule has 0 radical (unpaired) electrons. The molecule has 1 unspecified atom stereocenters. The largest absolute Gasteiger partial charge is 0.460 e. The van der Waals surface area contributed by atoms with Gasteiger partial charge in [-0.3, -0.25) is 19.2 Å². The van der Waals surface area contributed by atoms with Crippen molar-refractivity contribution in [3.63, 3.8) is 0 Å². The lowest BCUT2D eigenvalue weighted by atomic mass is 9.78. The third-order valence-corrected chi connectivity index (χ3v) is 16.1. The first-order valence-corrected chi connectivity index (χ1v) is 28.1. The molecule has 15 nitrogen and oxygen atoms in total. The highest BCUT2D eigenvalue weighted by molar-refractivity contribution is 14.1. The minimum absolute atomic E-state index is 0.00824. The maximum absolute atomic E-state index is 14.6. The number of fused-ring (bicyclic) bond motifs is 3. The molecule has 16 heteroatoms. The topological polar surface area (TPSA) is 194 Å². The number of nitrogens with zero attached hydrogens (tertiary/aromatic N) is 1. The van der Waals surface area contributed by atoms with Crippen LogP contribution in [-0.2, 0) is 57.1 Å². The van der Waals surface area contributed by atoms with Crippen LogP contribution >= 0.6 is 22.6 Å². The van der Waals surface area contributed by atoms with Crippen LogP contribution in [0.2, 0.25) is 0 Å². The number of esters is 1. The average Bonchev–Trinajstić information content (AvgIpc) is 3.36. The number of aliphatic hydroxyl groups is 2. The first-order valence-electron chi connectivity index (χ1n) is 26.5. The summed E-state index contributed by atoms with van der Waals surface area (Å²) in [6.07, 6.45) is 13.5. The van der Waals surface area contributed by atoms with E-state index >= 15 is 0 Å². The summed E-state index contributed by atoms with van der Waals surface area (Å²) < 4.78 is 42.9. The van der Waals surface area contributed by atoms with E-state index in [1.54, 1.807) is 41.1 Å². The van der Waals surface area contributed by atoms with E-state index in [2.05, 4.69) is 22.6 Å². The number of methoxy groups -OCH3 is 3. The monoisotopic (exact) mass is 1130 g/mol. The van der Waals surface area contributed by atoms with E-state index in [1.165, 1.54) is 12.0 Å². The minimum Gasteiger partial charge on any atom is -0.460 e. The number of ketones is 3. The van der Waals surface area contributed by atoms with E-state index in [1.807, 2.05) is 58.1 Å². The Morgan fingerprint density at radius 3 is 2.29 bits per heavy atom. The smallest absolute Gasteiger partial charge is 0.329 e. The van der Waals surface area contributed by atoms with Crippen molar-refractivity contribution >= 4 is 51.8 Å². The number of halogens is 1. The fraction of sp³-hybridized carbons (Fsp3) is 0.768. The number of amides is 1. The standard InChI is InChI=1S/C56H88INO14/c1-35-17-12-11-13-18-36(2)47(70-28-27-66-8)33-43-22-20-41(7)56(65,72-43)53(62)54(63)58-25-15-14-19-44(58)55(64)71-48(38(4)31-42-21-23-46(49(32-42)67-9)69-26-16-24-57)34-45(59)37(3)30-40(6)51(61)52(68-10)50(60)39(5)29-35/h11-13,17-18,30,35,37-39,41-44,46-49,51-52,61,65H,14-16,19-29,31-34H2,1-10H3/b13-11+,17-12+,36-18+,40-30+/t35-,37-,38-,39-,41-,42+,43+,44?,46-,47+,48+,49-,51-,52+,56-/m1/s1. The van der Waals surface area contributed by atoms with Crippen LogP contribution in [0.3, 0.4) is 0 Å². The zero-order chi connectivity index (χ0) is 53.1. The third-order valence-electron chi connectivity index (χ3n) is 15.4. The predicted octanol–water partition coefficient (Wildman–Crippen LogP) is 8.05. The molecule has 2 bridgehead atoms. The van der Waals surface area contributed by atoms with Gasteiger partial charge >= 0.3 is 5.97 Å². The van der Waals surface area contributed by atoms with Crippen LogP contribution in [0.5, 0.6) is 0 Å². The Balaban J connectivity index is 1.71. The summed E-state index contributed by atoms with van der Waals surface area (Å²) in [5.41, 5.74) is 1.26. The van der Waals surface area contributed by atoms with Gasteiger partial charge in [0.15, 0.2) is 5.78 Å². The number of carbonyl (C=O) groups excluding carboxylic acids is 5. The number of allylic oxidation sites excluding steroid dienone is 6. The van der Waals surface area contributed by atoms with Gasteiger partial charge in [0.25, 0.3) is 11.7 Å². The number of aliphatic hydroxyl groups excluding tert-OH is 1. The highest BCUT2D eigenvalue weighted by atomic mass is 127. The molecule has 3 fully saturated rings. The number of hydrogen-bond donors (Lipinski definition) is 2. The van der Waals surface area contributed by atoms with E-state index < -0.39 is 77.8 Å². The van der Waals surface area contributed by atoms with Gasteiger partial charge in [0.05, 0.1) is 37.6 Å². The number of Topliss-reactive ketones (excluding diaryl/α,β-unsaturated/α-hetero) is 3. The normalized spacial score (nSPS) is 37.7. The number of cyclic esters (lactones) is 1. The van der Waals surface area contributed by atoms with Gasteiger partial charge in [-0.1, -0.05) is 93.7 Å². The highest BCUT2D eigenvalue weighted by Crippen LogP contribution is 2.38. The molecule has 72 heavy (non-hydrogen) atoms. The van der Waals surface area contributed by atoms with E-state index in [9.17, 15) is 34.2 Å². The number of piperidine rings is 1. The maximum Gasteiger partial charge on any atom is 0.329 e. The van der Waals surface area contributed by atoms with Crippen molar-refractivity contribution in [3.8, 4) is 0 Å². The quantitative estimate of drug-likeness (QED) is 0.0449. The highest BCUT2D eigenvalue weighted by Gasteiger charge is 2.53. The third kappa shape index (κ3) is 17.7. The Kier molecular flexibility index (Phi) is 26.4. The van der Waals surface area contributed by atoms with Crippen molar-refractivity contribution in [2.24, 2.45) is 35.5 Å². The van der Waals surface area contributed by atoms with Gasteiger partial charge in [0.2, 0.25) is 5.79 Å². The van der Waals surface area contributed by atoms with Crippen LogP contribution in [0.15, 0.2) is 47.6 Å². The molecule has 4 aliphatic rings. The first-order chi connectivity index (χ1) is 34.3. The Hall–Kier alpha value is -2.68. The summed E-state index contributed by atoms with van der Waals surface area (Å²) in [5, 5.41) is 23.6. The Bertz CT molecular complexity index is 1890. The van der Waals surface area contributed by atoms with Gasteiger partial charge < -0.3 is 48.3 Å². The summed E-state index contributed by atoms with van der Waals surface area (Å²) in [7, 11) is 4.67. The lowest BCUT2D eigenvalue weighted by Crippen LogP contribution is -2.61. The van der Waals surface area contributed by atoms with Crippen molar-refractivity contribution < 1.29 is 67.3 Å². The van der Waals surface area contributed by atoms with Crippen molar-refractivity contribution in [2.45, 2.75) is 186 Å². The molecule has 408 valence electrons. The summed E-state index contributed by atoms with van der Waals surface area (Å²) in [4.78, 5) is 72.7. The molecule has 3 aliphatic heterocycles. The molecule has 15 atom stereocenters. The zero-order valence-corrected chi connectivity index (χ0v) is 47.1. The van der Waals surface area contributed by atoms with E-state index in [-0.39, 0.29) is 73.9 Å². The van der Waals surface area contributed by atoms with Crippen molar-refractivity contribution in [1.82, 2.24) is 4.90 Å². The first kappa shape index (κ1) is 61.9. The molecule has 1 saturated carbocycles. The van der Waals surface area contributed by atoms with Crippen LogP contribution in [0.4, 0.5) is 0 Å². The van der Waals surface area contributed by atoms with Gasteiger partial charge in [0.1, 0.15) is 30.1 Å². The Morgan fingerprint density at radius 1 is 0.847 bits per heavy atom. The lowest BCUT2D eigenvalue weighted by Gasteiger charge is -2.43. The van der Waals surface area contributed by atoms with Gasteiger partial charge in [-0.2, -0.15) is 0 Å². The number of ether oxygens (including phenoxy) is 7. The number of carbonyl (C=O) groups is 5. The van der Waals surface area contributed by atoms with Crippen LogP contribution < -0.4 is 0 Å². The van der Waals surface area contributed by atoms with E-state index in [0.29, 0.717) is 57.3 Å². The van der Waals surface area contributed by atoms with Crippen LogP contribution in [0.1, 0.15) is 132 Å². The molecule has 0 aromatic heterocycles. The SMILES string of the molecule is COCCO[C@H]1C[C@@H]2CC[C@@H](C)[C@@](O)(O2)C(=O)C(=O)N2CCCCC2C(=O)O[C@H]([C@H](C)C[C@@H]2CC[C@@H](OCCCI)[C@H](OC)C2)CC(=O)[C@H](C)/C=C(\C)[C@@H](O)[C@@H](OC)C(=O)[C@H](C)C[C@H](C)/C=C/C=C/C=C/1C. The maximum atomic E-state index is 14.6. The van der Waals surface area contributed by atoms with Gasteiger partial charge in [-0.25, -0.2) is 4.79 Å². The zero-order valence-electron chi connectivity index (χ0n) is 44.9. The molecule has 3 heterocycles. The van der Waals surface area contributed by atoms with Gasteiger partial charge in [-0.15, -0.1) is 0 Å². The summed E-state index contributed by atoms with van der Waals surface area (Å²) >= 11 is 2.34. The van der Waals surface area contributed by atoms with Crippen LogP contribution in [0, 0.1) is 35.5 Å². The second kappa shape index (κ2) is 30.8. The van der Waals surface area contributed by atoms with Gasteiger partial charge in [0, 0.05) is 69.5 Å². The summed E-state index contributed by atoms with van der Waals surface area (Å²) in [5.74, 6) is -7.85.